The Balaban J connectivity index is 1.57. The highest BCUT2D eigenvalue weighted by Gasteiger charge is 2.20. The number of hydrogen-bond donors (Lipinski definition) is 2. The van der Waals surface area contributed by atoms with Gasteiger partial charge in [-0.15, -0.1) is 10.2 Å². The van der Waals surface area contributed by atoms with Gasteiger partial charge in [0.05, 0.1) is 0 Å². The summed E-state index contributed by atoms with van der Waals surface area (Å²) >= 11 is 0. The second-order valence-corrected chi connectivity index (χ2v) is 7.19. The Bertz CT molecular complexity index is 716. The molecule has 0 aliphatic carbocycles. The first-order valence-corrected chi connectivity index (χ1v) is 9.72. The molecule has 1 aliphatic rings. The maximum Gasteiger partial charge on any atom is 0.191 e. The van der Waals surface area contributed by atoms with Crippen molar-refractivity contribution in [3.8, 4) is 0 Å². The van der Waals surface area contributed by atoms with Gasteiger partial charge in [-0.3, -0.25) is 9.30 Å². The fourth-order valence-corrected chi connectivity index (χ4v) is 3.33. The largest absolute Gasteiger partial charge is 0.357 e. The van der Waals surface area contributed by atoms with Crippen LogP contribution in [0.5, 0.6) is 0 Å². The molecule has 2 aromatic rings. The van der Waals surface area contributed by atoms with Crippen LogP contribution in [-0.4, -0.2) is 57.7 Å². The molecule has 1 atom stereocenters. The summed E-state index contributed by atoms with van der Waals surface area (Å²) in [5.74, 6) is 2.54. The minimum atomic E-state index is 0.496. The molecule has 0 aromatic carbocycles. The van der Waals surface area contributed by atoms with Gasteiger partial charge in [-0.05, 0) is 57.8 Å². The summed E-state index contributed by atoms with van der Waals surface area (Å²) in [4.78, 5) is 7.26. The topological polar surface area (TPSA) is 69.8 Å². The van der Waals surface area contributed by atoms with Crippen molar-refractivity contribution in [3.63, 3.8) is 0 Å². The SMILES string of the molecule is CCNC(=NCc1nnc2ccccn12)NCC(C)N1CCC(C)CC1. The van der Waals surface area contributed by atoms with E-state index in [2.05, 4.69) is 51.5 Å². The number of nitrogens with one attached hydrogen (secondary N) is 2. The van der Waals surface area contributed by atoms with Gasteiger partial charge in [0.25, 0.3) is 0 Å². The molecule has 7 nitrogen and oxygen atoms in total. The Kier molecular flexibility index (Phi) is 6.44. The minimum absolute atomic E-state index is 0.496. The lowest BCUT2D eigenvalue weighted by atomic mass is 9.98. The molecule has 3 rings (SSSR count). The molecule has 26 heavy (non-hydrogen) atoms. The van der Waals surface area contributed by atoms with Crippen LogP contribution >= 0.6 is 0 Å². The lowest BCUT2D eigenvalue weighted by Gasteiger charge is -2.35. The van der Waals surface area contributed by atoms with Crippen LogP contribution in [0, 0.1) is 5.92 Å². The smallest absolute Gasteiger partial charge is 0.191 e. The number of hydrogen-bond acceptors (Lipinski definition) is 4. The zero-order valence-corrected chi connectivity index (χ0v) is 16.1. The van der Waals surface area contributed by atoms with Crippen LogP contribution < -0.4 is 10.6 Å². The molecule has 0 spiro atoms. The average Bonchev–Trinajstić information content (AvgIpc) is 3.07. The maximum atomic E-state index is 4.69. The highest BCUT2D eigenvalue weighted by Crippen LogP contribution is 2.17. The molecule has 2 aromatic heterocycles. The van der Waals surface area contributed by atoms with Crippen LogP contribution in [0.1, 0.15) is 39.4 Å². The summed E-state index contributed by atoms with van der Waals surface area (Å²) in [5.41, 5.74) is 0.851. The van der Waals surface area contributed by atoms with Gasteiger partial charge in [0, 0.05) is 25.3 Å². The third-order valence-electron chi connectivity index (χ3n) is 5.11. The number of guanidine groups is 1. The van der Waals surface area contributed by atoms with Gasteiger partial charge < -0.3 is 10.6 Å². The van der Waals surface area contributed by atoms with E-state index in [1.165, 1.54) is 25.9 Å². The maximum absolute atomic E-state index is 4.69. The molecule has 1 aliphatic heterocycles. The number of pyridine rings is 1. The van der Waals surface area contributed by atoms with Gasteiger partial charge in [0.1, 0.15) is 6.54 Å². The molecule has 1 saturated heterocycles. The normalized spacial score (nSPS) is 18.2. The van der Waals surface area contributed by atoms with Gasteiger partial charge in [0.15, 0.2) is 17.4 Å². The third-order valence-corrected chi connectivity index (χ3v) is 5.11. The van der Waals surface area contributed by atoms with Crippen molar-refractivity contribution in [1.82, 2.24) is 30.1 Å². The lowest BCUT2D eigenvalue weighted by molar-refractivity contribution is 0.147. The summed E-state index contributed by atoms with van der Waals surface area (Å²) in [6.45, 7) is 11.3. The number of aromatic nitrogens is 3. The summed E-state index contributed by atoms with van der Waals surface area (Å²) in [6.07, 6.45) is 4.58. The van der Waals surface area contributed by atoms with Crippen molar-refractivity contribution < 1.29 is 0 Å². The van der Waals surface area contributed by atoms with Gasteiger partial charge >= 0.3 is 0 Å². The van der Waals surface area contributed by atoms with Gasteiger partial charge in [-0.2, -0.15) is 0 Å². The molecule has 0 saturated carbocycles. The van der Waals surface area contributed by atoms with Gasteiger partial charge in [-0.25, -0.2) is 4.99 Å². The molecule has 0 radical (unpaired) electrons. The van der Waals surface area contributed by atoms with E-state index in [0.717, 1.165) is 36.4 Å². The van der Waals surface area contributed by atoms with Gasteiger partial charge in [-0.1, -0.05) is 13.0 Å². The number of nitrogens with zero attached hydrogens (tertiary/aromatic N) is 5. The quantitative estimate of drug-likeness (QED) is 0.610. The second kappa shape index (κ2) is 8.98. The predicted octanol–water partition coefficient (Wildman–Crippen LogP) is 1.90. The molecule has 0 amide bonds. The first kappa shape index (κ1) is 18.6. The summed E-state index contributed by atoms with van der Waals surface area (Å²) < 4.78 is 1.98. The Morgan fingerprint density at radius 1 is 1.27 bits per heavy atom. The minimum Gasteiger partial charge on any atom is -0.357 e. The van der Waals surface area contributed by atoms with E-state index in [4.69, 9.17) is 0 Å². The molecule has 142 valence electrons. The summed E-state index contributed by atoms with van der Waals surface area (Å²) in [5, 5.41) is 15.2. The van der Waals surface area contributed by atoms with E-state index in [1.807, 2.05) is 28.8 Å². The molecule has 1 fully saturated rings. The van der Waals surface area contributed by atoms with E-state index >= 15 is 0 Å². The number of piperidine rings is 1. The molecule has 0 bridgehead atoms. The summed E-state index contributed by atoms with van der Waals surface area (Å²) in [6, 6.07) is 6.39. The molecule has 2 N–H and O–H groups in total. The monoisotopic (exact) mass is 357 g/mol. The highest BCUT2D eigenvalue weighted by atomic mass is 15.3. The van der Waals surface area contributed by atoms with E-state index < -0.39 is 0 Å². The Morgan fingerprint density at radius 3 is 2.85 bits per heavy atom. The predicted molar refractivity (Wildman–Crippen MR) is 105 cm³/mol. The number of aliphatic imine (C=N–C) groups is 1. The van der Waals surface area contributed by atoms with E-state index in [9.17, 15) is 0 Å². The van der Waals surface area contributed by atoms with Crippen LogP contribution in [0.3, 0.4) is 0 Å². The van der Waals surface area contributed by atoms with Crippen LogP contribution in [0.25, 0.3) is 5.65 Å². The second-order valence-electron chi connectivity index (χ2n) is 7.19. The average molecular weight is 358 g/mol. The number of rotatable bonds is 6. The van der Waals surface area contributed by atoms with Gasteiger partial charge in [0.2, 0.25) is 0 Å². The highest BCUT2D eigenvalue weighted by molar-refractivity contribution is 5.79. The van der Waals surface area contributed by atoms with Crippen molar-refractivity contribution in [3.05, 3.63) is 30.2 Å². The summed E-state index contributed by atoms with van der Waals surface area (Å²) in [7, 11) is 0. The van der Waals surface area contributed by atoms with E-state index in [-0.39, 0.29) is 0 Å². The van der Waals surface area contributed by atoms with Crippen LogP contribution in [0.2, 0.25) is 0 Å². The van der Waals surface area contributed by atoms with Crippen molar-refractivity contribution in [2.45, 2.75) is 46.2 Å². The molecule has 7 heteroatoms. The zero-order valence-electron chi connectivity index (χ0n) is 16.1. The van der Waals surface area contributed by atoms with Crippen molar-refractivity contribution in [1.29, 1.82) is 0 Å². The molecular formula is C19H31N7. The van der Waals surface area contributed by atoms with Crippen molar-refractivity contribution in [2.75, 3.05) is 26.2 Å². The fourth-order valence-electron chi connectivity index (χ4n) is 3.33. The number of likely N-dealkylation sites (tertiary alicyclic amines) is 1. The Labute approximate surface area is 155 Å². The zero-order chi connectivity index (χ0) is 18.4. The van der Waals surface area contributed by atoms with E-state index in [1.54, 1.807) is 0 Å². The van der Waals surface area contributed by atoms with Crippen LogP contribution in [-0.2, 0) is 6.54 Å². The Hall–Kier alpha value is -2.15. The molecule has 3 heterocycles. The van der Waals surface area contributed by atoms with Crippen molar-refractivity contribution >= 4 is 11.6 Å². The number of fused-ring (bicyclic) bond motifs is 1. The first-order chi connectivity index (χ1) is 12.7. The standard InChI is InChI=1S/C19H31N7/c1-4-20-19(21-13-16(3)25-11-8-15(2)9-12-25)22-14-18-24-23-17-7-5-6-10-26(17)18/h5-7,10,15-16H,4,8-9,11-14H2,1-3H3,(H2,20,21,22). The third kappa shape index (κ3) is 4.72. The van der Waals surface area contributed by atoms with Crippen LogP contribution in [0.4, 0.5) is 0 Å². The van der Waals surface area contributed by atoms with Crippen LogP contribution in [0.15, 0.2) is 29.4 Å². The lowest BCUT2D eigenvalue weighted by Crippen LogP contribution is -2.48. The fraction of sp³-hybridized carbons (Fsp3) is 0.632. The molecule has 1 unspecified atom stereocenters. The van der Waals surface area contributed by atoms with E-state index in [0.29, 0.717) is 12.6 Å². The molecular weight excluding hydrogens is 326 g/mol. The van der Waals surface area contributed by atoms with Crippen molar-refractivity contribution in [2.24, 2.45) is 10.9 Å². The first-order valence-electron chi connectivity index (χ1n) is 9.72. The Morgan fingerprint density at radius 2 is 2.08 bits per heavy atom.